The third-order valence-corrected chi connectivity index (χ3v) is 6.85. The molecule has 0 saturated carbocycles. The predicted octanol–water partition coefficient (Wildman–Crippen LogP) is 8.96. The molecule has 0 spiro atoms. The summed E-state index contributed by atoms with van der Waals surface area (Å²) in [6.45, 7) is 2.23. The molecular weight excluding hydrogens is 410 g/mol. The minimum atomic E-state index is 1.04. The Morgan fingerprint density at radius 3 is 1.68 bits per heavy atom. The number of para-hydroxylation sites is 2. The number of benzene rings is 5. The highest BCUT2D eigenvalue weighted by atomic mass is 15.1. The fraction of sp³-hybridized carbons (Fsp3) is 0.0909. The Morgan fingerprint density at radius 2 is 1.06 bits per heavy atom. The van der Waals surface area contributed by atoms with E-state index in [4.69, 9.17) is 0 Å². The SMILES string of the molecule is CCc1ccc2c(c1)-c1cc(-c3ccc(N(c4ccccc4)c4ccccc4)cc3)ccc1C2. The van der Waals surface area contributed by atoms with E-state index >= 15 is 0 Å². The third-order valence-electron chi connectivity index (χ3n) is 6.85. The molecule has 0 fully saturated rings. The van der Waals surface area contributed by atoms with Crippen LogP contribution in [0.3, 0.4) is 0 Å². The molecular formula is C33H27N. The normalized spacial score (nSPS) is 11.7. The molecule has 164 valence electrons. The number of rotatable bonds is 5. The van der Waals surface area contributed by atoms with Crippen LogP contribution in [0.1, 0.15) is 23.6 Å². The number of hydrogen-bond acceptors (Lipinski definition) is 1. The molecule has 0 saturated heterocycles. The first-order valence-corrected chi connectivity index (χ1v) is 12.1. The molecule has 5 aromatic carbocycles. The molecule has 0 N–H and O–H groups in total. The van der Waals surface area contributed by atoms with Crippen LogP contribution in [0.15, 0.2) is 121 Å². The van der Waals surface area contributed by atoms with Gasteiger partial charge in [0, 0.05) is 17.1 Å². The Labute approximate surface area is 202 Å². The third kappa shape index (κ3) is 3.70. The van der Waals surface area contributed by atoms with Crippen molar-refractivity contribution < 1.29 is 0 Å². The van der Waals surface area contributed by atoms with Crippen molar-refractivity contribution in [3.8, 4) is 22.3 Å². The Bertz CT molecular complexity index is 1390. The van der Waals surface area contributed by atoms with Crippen molar-refractivity contribution in [3.63, 3.8) is 0 Å². The zero-order valence-electron chi connectivity index (χ0n) is 19.4. The largest absolute Gasteiger partial charge is 0.311 e. The van der Waals surface area contributed by atoms with Gasteiger partial charge in [-0.2, -0.15) is 0 Å². The number of hydrogen-bond donors (Lipinski definition) is 0. The fourth-order valence-corrected chi connectivity index (χ4v) is 5.02. The van der Waals surface area contributed by atoms with Crippen molar-refractivity contribution >= 4 is 17.1 Å². The van der Waals surface area contributed by atoms with Crippen molar-refractivity contribution in [1.82, 2.24) is 0 Å². The van der Waals surface area contributed by atoms with Crippen LogP contribution >= 0.6 is 0 Å². The molecule has 0 aromatic heterocycles. The second-order valence-electron chi connectivity index (χ2n) is 8.95. The standard InChI is InChI=1S/C33H27N/c1-2-24-13-14-27-22-28-16-15-26(23-33(28)32(27)21-24)25-17-19-31(20-18-25)34(29-9-5-3-6-10-29)30-11-7-4-8-12-30/h3-21,23H,2,22H2,1H3. The first-order valence-electron chi connectivity index (χ1n) is 12.1. The molecule has 1 nitrogen and oxygen atoms in total. The summed E-state index contributed by atoms with van der Waals surface area (Å²) in [5.74, 6) is 0. The lowest BCUT2D eigenvalue weighted by Gasteiger charge is -2.25. The fourth-order valence-electron chi connectivity index (χ4n) is 5.02. The molecule has 6 rings (SSSR count). The topological polar surface area (TPSA) is 3.24 Å². The Kier molecular flexibility index (Phi) is 5.24. The van der Waals surface area contributed by atoms with Gasteiger partial charge in [0.15, 0.2) is 0 Å². The van der Waals surface area contributed by atoms with E-state index in [1.807, 2.05) is 0 Å². The van der Waals surface area contributed by atoms with E-state index in [0.717, 1.165) is 29.9 Å². The van der Waals surface area contributed by atoms with Crippen LogP contribution in [-0.2, 0) is 12.8 Å². The summed E-state index contributed by atoms with van der Waals surface area (Å²) in [7, 11) is 0. The van der Waals surface area contributed by atoms with Crippen molar-refractivity contribution in [3.05, 3.63) is 138 Å². The van der Waals surface area contributed by atoms with Gasteiger partial charge in [-0.3, -0.25) is 0 Å². The summed E-state index contributed by atoms with van der Waals surface area (Å²) >= 11 is 0. The van der Waals surface area contributed by atoms with E-state index < -0.39 is 0 Å². The van der Waals surface area contributed by atoms with Gasteiger partial charge in [0.1, 0.15) is 0 Å². The Hall–Kier alpha value is -4.10. The van der Waals surface area contributed by atoms with E-state index in [1.54, 1.807) is 0 Å². The molecule has 1 heteroatoms. The Balaban J connectivity index is 1.37. The van der Waals surface area contributed by atoms with Crippen LogP contribution in [0.2, 0.25) is 0 Å². The van der Waals surface area contributed by atoms with Gasteiger partial charge in [-0.15, -0.1) is 0 Å². The lowest BCUT2D eigenvalue weighted by Crippen LogP contribution is -2.09. The summed E-state index contributed by atoms with van der Waals surface area (Å²) < 4.78 is 0. The zero-order chi connectivity index (χ0) is 22.9. The van der Waals surface area contributed by atoms with E-state index in [1.165, 1.54) is 38.9 Å². The van der Waals surface area contributed by atoms with Gasteiger partial charge in [0.25, 0.3) is 0 Å². The number of nitrogens with zero attached hydrogens (tertiary/aromatic N) is 1. The first kappa shape index (κ1) is 20.5. The molecule has 0 amide bonds. The molecule has 0 radical (unpaired) electrons. The minimum Gasteiger partial charge on any atom is -0.311 e. The molecule has 0 bridgehead atoms. The average molecular weight is 438 g/mol. The molecule has 0 atom stereocenters. The molecule has 34 heavy (non-hydrogen) atoms. The summed E-state index contributed by atoms with van der Waals surface area (Å²) in [4.78, 5) is 2.30. The van der Waals surface area contributed by atoms with Crippen molar-refractivity contribution in [1.29, 1.82) is 0 Å². The summed E-state index contributed by atoms with van der Waals surface area (Å²) in [6.07, 6.45) is 2.11. The van der Waals surface area contributed by atoms with Gasteiger partial charge in [-0.1, -0.05) is 85.8 Å². The number of aryl methyl sites for hydroxylation is 1. The molecule has 0 heterocycles. The highest BCUT2D eigenvalue weighted by Crippen LogP contribution is 2.40. The lowest BCUT2D eigenvalue weighted by molar-refractivity contribution is 1.13. The average Bonchev–Trinajstić information content (AvgIpc) is 3.27. The second kappa shape index (κ2) is 8.68. The maximum atomic E-state index is 2.38. The van der Waals surface area contributed by atoms with Gasteiger partial charge >= 0.3 is 0 Å². The number of fused-ring (bicyclic) bond motifs is 3. The van der Waals surface area contributed by atoms with Gasteiger partial charge in [-0.05, 0) is 94.3 Å². The smallest absolute Gasteiger partial charge is 0.0462 e. The highest BCUT2D eigenvalue weighted by molar-refractivity contribution is 5.83. The monoisotopic (exact) mass is 437 g/mol. The van der Waals surface area contributed by atoms with Gasteiger partial charge < -0.3 is 4.90 Å². The van der Waals surface area contributed by atoms with Crippen LogP contribution in [0.5, 0.6) is 0 Å². The maximum Gasteiger partial charge on any atom is 0.0462 e. The lowest BCUT2D eigenvalue weighted by atomic mass is 9.97. The summed E-state index contributed by atoms with van der Waals surface area (Å²) in [6, 6.07) is 44.0. The summed E-state index contributed by atoms with van der Waals surface area (Å²) in [5.41, 5.74) is 13.1. The van der Waals surface area contributed by atoms with E-state index in [2.05, 4.69) is 133 Å². The van der Waals surface area contributed by atoms with Crippen LogP contribution in [0.25, 0.3) is 22.3 Å². The second-order valence-corrected chi connectivity index (χ2v) is 8.95. The van der Waals surface area contributed by atoms with Crippen molar-refractivity contribution in [2.75, 3.05) is 4.90 Å². The summed E-state index contributed by atoms with van der Waals surface area (Å²) in [5, 5.41) is 0. The number of anilines is 3. The van der Waals surface area contributed by atoms with Crippen LogP contribution < -0.4 is 4.90 Å². The molecule has 1 aliphatic rings. The van der Waals surface area contributed by atoms with Gasteiger partial charge in [0.05, 0.1) is 0 Å². The van der Waals surface area contributed by atoms with Crippen LogP contribution in [0.4, 0.5) is 17.1 Å². The van der Waals surface area contributed by atoms with Crippen LogP contribution in [0, 0.1) is 0 Å². The molecule has 0 aliphatic heterocycles. The van der Waals surface area contributed by atoms with Crippen molar-refractivity contribution in [2.45, 2.75) is 19.8 Å². The van der Waals surface area contributed by atoms with E-state index in [9.17, 15) is 0 Å². The maximum absolute atomic E-state index is 2.38. The zero-order valence-corrected chi connectivity index (χ0v) is 19.4. The van der Waals surface area contributed by atoms with Gasteiger partial charge in [-0.25, -0.2) is 0 Å². The van der Waals surface area contributed by atoms with Gasteiger partial charge in [0.2, 0.25) is 0 Å². The predicted molar refractivity (Wildman–Crippen MR) is 144 cm³/mol. The minimum absolute atomic E-state index is 1.04. The molecule has 0 unspecified atom stereocenters. The highest BCUT2D eigenvalue weighted by Gasteiger charge is 2.19. The van der Waals surface area contributed by atoms with Crippen molar-refractivity contribution in [2.24, 2.45) is 0 Å². The Morgan fingerprint density at radius 1 is 0.529 bits per heavy atom. The van der Waals surface area contributed by atoms with Crippen LogP contribution in [-0.4, -0.2) is 0 Å². The molecule has 5 aromatic rings. The first-order chi connectivity index (χ1) is 16.8. The quantitative estimate of drug-likeness (QED) is 0.260. The van der Waals surface area contributed by atoms with E-state index in [-0.39, 0.29) is 0 Å². The molecule has 1 aliphatic carbocycles. The van der Waals surface area contributed by atoms with E-state index in [0.29, 0.717) is 0 Å².